The van der Waals surface area contributed by atoms with Crippen LogP contribution in [-0.4, -0.2) is 31.4 Å². The van der Waals surface area contributed by atoms with E-state index in [1.54, 1.807) is 28.7 Å². The second-order valence-corrected chi connectivity index (χ2v) is 7.49. The third kappa shape index (κ3) is 3.93. The first-order chi connectivity index (χ1) is 11.6. The van der Waals surface area contributed by atoms with Crippen LogP contribution in [0.5, 0.6) is 0 Å². The minimum atomic E-state index is -0.0624. The van der Waals surface area contributed by atoms with Crippen molar-refractivity contribution >= 4 is 44.7 Å². The number of amides is 1. The Bertz CT molecular complexity index is 834. The Hall–Kier alpha value is -1.95. The quantitative estimate of drug-likeness (QED) is 0.664. The molecule has 3 nitrogen and oxygen atoms in total. The molecule has 2 heterocycles. The summed E-state index contributed by atoms with van der Waals surface area (Å²) in [5, 5.41) is 10.5. The van der Waals surface area contributed by atoms with Gasteiger partial charge in [0.15, 0.2) is 0 Å². The molecule has 0 aliphatic heterocycles. The minimum absolute atomic E-state index is 0.0624. The van der Waals surface area contributed by atoms with E-state index < -0.39 is 0 Å². The molecule has 24 heavy (non-hydrogen) atoms. The molecule has 1 aromatic carbocycles. The van der Waals surface area contributed by atoms with Crippen molar-refractivity contribution in [2.75, 3.05) is 20.6 Å². The predicted octanol–water partition coefficient (Wildman–Crippen LogP) is 4.40. The molecule has 0 fully saturated rings. The van der Waals surface area contributed by atoms with E-state index >= 15 is 0 Å². The second-order valence-electron chi connectivity index (χ2n) is 5.80. The number of carbonyl (C=O) groups is 1. The Morgan fingerprint density at radius 1 is 1.25 bits per heavy atom. The average molecular weight is 357 g/mol. The first-order valence-corrected chi connectivity index (χ1v) is 9.58. The van der Waals surface area contributed by atoms with Crippen molar-refractivity contribution in [1.29, 1.82) is 0 Å². The molecule has 124 valence electrons. The normalized spacial score (nSPS) is 13.0. The summed E-state index contributed by atoms with van der Waals surface area (Å²) < 4.78 is 1.28. The van der Waals surface area contributed by atoms with Crippen molar-refractivity contribution in [2.45, 2.75) is 6.04 Å². The number of likely N-dealkylation sites (N-methyl/N-ethyl adjacent to an activating group) is 1. The molecule has 1 N–H and O–H groups in total. The number of fused-ring (bicyclic) bond motifs is 1. The molecular formula is C19H20N2OS2. The van der Waals surface area contributed by atoms with Gasteiger partial charge in [-0.2, -0.15) is 11.3 Å². The molecule has 3 rings (SSSR count). The number of benzene rings is 1. The highest BCUT2D eigenvalue weighted by molar-refractivity contribution is 7.17. The van der Waals surface area contributed by atoms with Gasteiger partial charge in [-0.25, -0.2) is 0 Å². The zero-order valence-corrected chi connectivity index (χ0v) is 15.4. The fourth-order valence-corrected chi connectivity index (χ4v) is 4.26. The van der Waals surface area contributed by atoms with Gasteiger partial charge in [-0.1, -0.05) is 18.2 Å². The van der Waals surface area contributed by atoms with E-state index in [1.807, 2.05) is 37.0 Å². The predicted molar refractivity (Wildman–Crippen MR) is 105 cm³/mol. The lowest BCUT2D eigenvalue weighted by molar-refractivity contribution is -0.116. The lowest BCUT2D eigenvalue weighted by Gasteiger charge is -2.24. The van der Waals surface area contributed by atoms with Crippen LogP contribution in [0.2, 0.25) is 0 Å². The van der Waals surface area contributed by atoms with Crippen molar-refractivity contribution in [3.05, 3.63) is 63.7 Å². The summed E-state index contributed by atoms with van der Waals surface area (Å²) in [5.74, 6) is -0.0624. The van der Waals surface area contributed by atoms with E-state index in [0.717, 1.165) is 5.56 Å². The fourth-order valence-electron chi connectivity index (χ4n) is 2.63. The van der Waals surface area contributed by atoms with Gasteiger partial charge in [0, 0.05) is 17.3 Å². The molecule has 0 saturated carbocycles. The maximum atomic E-state index is 12.1. The molecular weight excluding hydrogens is 336 g/mol. The van der Waals surface area contributed by atoms with Crippen LogP contribution in [0.3, 0.4) is 0 Å². The molecule has 0 aliphatic rings. The van der Waals surface area contributed by atoms with Crippen LogP contribution in [0.4, 0.5) is 0 Å². The van der Waals surface area contributed by atoms with Gasteiger partial charge in [0.1, 0.15) is 0 Å². The largest absolute Gasteiger partial charge is 0.351 e. The molecule has 0 spiro atoms. The molecule has 0 aliphatic carbocycles. The lowest BCUT2D eigenvalue weighted by Crippen LogP contribution is -2.33. The summed E-state index contributed by atoms with van der Waals surface area (Å²) in [7, 11) is 4.09. The maximum absolute atomic E-state index is 12.1. The zero-order valence-electron chi connectivity index (χ0n) is 13.7. The van der Waals surface area contributed by atoms with Gasteiger partial charge in [-0.3, -0.25) is 4.79 Å². The van der Waals surface area contributed by atoms with E-state index in [2.05, 4.69) is 39.9 Å². The number of nitrogens with zero attached hydrogens (tertiary/aromatic N) is 1. The number of rotatable bonds is 6. The molecule has 0 radical (unpaired) electrons. The Kier molecular flexibility index (Phi) is 5.45. The summed E-state index contributed by atoms with van der Waals surface area (Å²) in [6, 6.07) is 10.6. The highest BCUT2D eigenvalue weighted by Gasteiger charge is 2.18. The molecule has 0 bridgehead atoms. The zero-order chi connectivity index (χ0) is 16.9. The van der Waals surface area contributed by atoms with Gasteiger partial charge in [0.05, 0.1) is 6.04 Å². The maximum Gasteiger partial charge on any atom is 0.244 e. The second kappa shape index (κ2) is 7.75. The van der Waals surface area contributed by atoms with E-state index in [9.17, 15) is 4.79 Å². The highest BCUT2D eigenvalue weighted by Crippen LogP contribution is 2.31. The Morgan fingerprint density at radius 3 is 2.83 bits per heavy atom. The first kappa shape index (κ1) is 16.9. The molecule has 5 heteroatoms. The van der Waals surface area contributed by atoms with Crippen molar-refractivity contribution in [3.63, 3.8) is 0 Å². The van der Waals surface area contributed by atoms with Crippen LogP contribution < -0.4 is 5.32 Å². The number of thiophene rings is 2. The van der Waals surface area contributed by atoms with Crippen LogP contribution in [0.25, 0.3) is 16.2 Å². The number of hydrogen-bond acceptors (Lipinski definition) is 4. The molecule has 2 aromatic heterocycles. The van der Waals surface area contributed by atoms with Crippen LogP contribution >= 0.6 is 22.7 Å². The number of nitrogens with one attached hydrogen (secondary N) is 1. The molecule has 0 unspecified atom stereocenters. The minimum Gasteiger partial charge on any atom is -0.351 e. The van der Waals surface area contributed by atoms with E-state index in [4.69, 9.17) is 0 Å². The van der Waals surface area contributed by atoms with E-state index in [0.29, 0.717) is 6.54 Å². The topological polar surface area (TPSA) is 32.3 Å². The van der Waals surface area contributed by atoms with Gasteiger partial charge in [0.2, 0.25) is 5.91 Å². The Labute approximate surface area is 150 Å². The van der Waals surface area contributed by atoms with Gasteiger partial charge in [0.25, 0.3) is 0 Å². The van der Waals surface area contributed by atoms with Gasteiger partial charge in [-0.15, -0.1) is 11.3 Å². The standard InChI is InChI=1S/C19H20N2OS2/c1-21(2)17(16-13-24-18-6-4-3-5-15(16)18)11-20-19(22)8-7-14-9-10-23-12-14/h3-10,12-13,17H,11H2,1-2H3,(H,20,22)/b8-7+/t17-/m1/s1. The number of carbonyl (C=O) groups excluding carboxylic acids is 1. The number of hydrogen-bond donors (Lipinski definition) is 1. The van der Waals surface area contributed by atoms with Crippen LogP contribution in [0, 0.1) is 0 Å². The summed E-state index contributed by atoms with van der Waals surface area (Å²) in [5.41, 5.74) is 2.32. The summed E-state index contributed by atoms with van der Waals surface area (Å²) >= 11 is 3.37. The highest BCUT2D eigenvalue weighted by atomic mass is 32.1. The Balaban J connectivity index is 1.69. The monoisotopic (exact) mass is 356 g/mol. The van der Waals surface area contributed by atoms with Crippen LogP contribution in [-0.2, 0) is 4.79 Å². The first-order valence-electron chi connectivity index (χ1n) is 7.76. The summed E-state index contributed by atoms with van der Waals surface area (Å²) in [6.07, 6.45) is 3.44. The smallest absolute Gasteiger partial charge is 0.244 e. The van der Waals surface area contributed by atoms with Gasteiger partial charge >= 0.3 is 0 Å². The van der Waals surface area contributed by atoms with Crippen molar-refractivity contribution in [3.8, 4) is 0 Å². The van der Waals surface area contributed by atoms with Crippen LogP contribution in [0.15, 0.2) is 52.5 Å². The fraction of sp³-hybridized carbons (Fsp3) is 0.211. The molecule has 1 amide bonds. The van der Waals surface area contributed by atoms with E-state index in [-0.39, 0.29) is 11.9 Å². The van der Waals surface area contributed by atoms with Crippen molar-refractivity contribution in [1.82, 2.24) is 10.2 Å². The third-order valence-electron chi connectivity index (χ3n) is 3.93. The molecule has 0 saturated heterocycles. The van der Waals surface area contributed by atoms with Crippen molar-refractivity contribution < 1.29 is 4.79 Å². The van der Waals surface area contributed by atoms with Gasteiger partial charge < -0.3 is 10.2 Å². The molecule has 1 atom stereocenters. The lowest BCUT2D eigenvalue weighted by atomic mass is 10.0. The van der Waals surface area contributed by atoms with Crippen molar-refractivity contribution in [2.24, 2.45) is 0 Å². The summed E-state index contributed by atoms with van der Waals surface area (Å²) in [4.78, 5) is 14.2. The Morgan fingerprint density at radius 2 is 2.08 bits per heavy atom. The van der Waals surface area contributed by atoms with Crippen LogP contribution in [0.1, 0.15) is 17.2 Å². The van der Waals surface area contributed by atoms with E-state index in [1.165, 1.54) is 15.6 Å². The third-order valence-corrected chi connectivity index (χ3v) is 5.62. The SMILES string of the molecule is CN(C)[C@H](CNC(=O)/C=C/c1ccsc1)c1csc2ccccc12. The summed E-state index contributed by atoms with van der Waals surface area (Å²) in [6.45, 7) is 0.584. The average Bonchev–Trinajstić information content (AvgIpc) is 3.23. The molecule has 3 aromatic rings. The van der Waals surface area contributed by atoms with Gasteiger partial charge in [-0.05, 0) is 65.0 Å².